The highest BCUT2D eigenvalue weighted by molar-refractivity contribution is 5.95. The summed E-state index contributed by atoms with van der Waals surface area (Å²) in [6.07, 6.45) is 1.82. The van der Waals surface area contributed by atoms with Crippen LogP contribution < -0.4 is 5.32 Å². The summed E-state index contributed by atoms with van der Waals surface area (Å²) in [5.41, 5.74) is 3.59. The topological polar surface area (TPSA) is 42.0 Å². The van der Waals surface area contributed by atoms with Crippen LogP contribution in [0.1, 0.15) is 15.9 Å². The van der Waals surface area contributed by atoms with E-state index in [0.717, 1.165) is 16.8 Å². The van der Waals surface area contributed by atoms with Gasteiger partial charge >= 0.3 is 0 Å². The van der Waals surface area contributed by atoms with Crippen LogP contribution in [0.4, 0.5) is 0 Å². The molecule has 17 heavy (non-hydrogen) atoms. The number of aryl methyl sites for hydroxylation is 1. The number of benzene rings is 1. The molecule has 1 aromatic heterocycles. The van der Waals surface area contributed by atoms with Crippen LogP contribution in [0.2, 0.25) is 0 Å². The van der Waals surface area contributed by atoms with Crippen molar-refractivity contribution in [2.75, 3.05) is 7.05 Å². The Kier molecular flexibility index (Phi) is 3.19. The third-order valence-corrected chi connectivity index (χ3v) is 2.56. The molecule has 3 heteroatoms. The Hall–Kier alpha value is -2.16. The standard InChI is InChI=1S/C14H14N2O/c1-10-6-7-13(16-9-10)11-4-3-5-12(8-11)14(17)15-2/h3-9H,1-2H3,(H,15,17). The number of amides is 1. The number of aromatic nitrogens is 1. The molecule has 0 saturated carbocycles. The van der Waals surface area contributed by atoms with Crippen molar-refractivity contribution in [3.05, 3.63) is 53.7 Å². The lowest BCUT2D eigenvalue weighted by Gasteiger charge is -2.04. The number of rotatable bonds is 2. The molecule has 2 aromatic rings. The minimum absolute atomic E-state index is 0.0843. The van der Waals surface area contributed by atoms with Gasteiger partial charge in [0.25, 0.3) is 5.91 Å². The van der Waals surface area contributed by atoms with E-state index in [0.29, 0.717) is 5.56 Å². The van der Waals surface area contributed by atoms with Crippen molar-refractivity contribution < 1.29 is 4.79 Å². The molecule has 86 valence electrons. The first kappa shape index (κ1) is 11.3. The molecule has 0 atom stereocenters. The zero-order valence-electron chi connectivity index (χ0n) is 9.90. The number of hydrogen-bond donors (Lipinski definition) is 1. The Balaban J connectivity index is 2.39. The number of carbonyl (C=O) groups excluding carboxylic acids is 1. The van der Waals surface area contributed by atoms with Crippen molar-refractivity contribution >= 4 is 5.91 Å². The second kappa shape index (κ2) is 4.78. The highest BCUT2D eigenvalue weighted by Crippen LogP contribution is 2.18. The van der Waals surface area contributed by atoms with E-state index in [9.17, 15) is 4.79 Å². The number of nitrogens with zero attached hydrogens (tertiary/aromatic N) is 1. The molecule has 0 fully saturated rings. The van der Waals surface area contributed by atoms with Crippen molar-refractivity contribution in [3.63, 3.8) is 0 Å². The predicted octanol–water partition coefficient (Wildman–Crippen LogP) is 2.42. The zero-order valence-corrected chi connectivity index (χ0v) is 9.90. The van der Waals surface area contributed by atoms with Crippen molar-refractivity contribution in [2.45, 2.75) is 6.92 Å². The first-order valence-electron chi connectivity index (χ1n) is 5.46. The van der Waals surface area contributed by atoms with Crippen LogP contribution >= 0.6 is 0 Å². The normalized spacial score (nSPS) is 10.0. The third kappa shape index (κ3) is 2.50. The summed E-state index contributed by atoms with van der Waals surface area (Å²) in [5.74, 6) is -0.0843. The molecule has 0 bridgehead atoms. The van der Waals surface area contributed by atoms with Crippen molar-refractivity contribution in [1.82, 2.24) is 10.3 Å². The van der Waals surface area contributed by atoms with E-state index >= 15 is 0 Å². The van der Waals surface area contributed by atoms with Gasteiger partial charge in [-0.15, -0.1) is 0 Å². The number of pyridine rings is 1. The molecule has 0 radical (unpaired) electrons. The number of carbonyl (C=O) groups is 1. The number of nitrogens with one attached hydrogen (secondary N) is 1. The van der Waals surface area contributed by atoms with E-state index in [-0.39, 0.29) is 5.91 Å². The van der Waals surface area contributed by atoms with Crippen LogP contribution in [0.5, 0.6) is 0 Å². The highest BCUT2D eigenvalue weighted by Gasteiger charge is 2.05. The molecule has 1 N–H and O–H groups in total. The monoisotopic (exact) mass is 226 g/mol. The van der Waals surface area contributed by atoms with E-state index < -0.39 is 0 Å². The molecule has 0 aliphatic carbocycles. The fourth-order valence-corrected chi connectivity index (χ4v) is 1.60. The SMILES string of the molecule is CNC(=O)c1cccc(-c2ccc(C)cn2)c1. The average Bonchev–Trinajstić information content (AvgIpc) is 2.39. The Morgan fingerprint density at radius 3 is 2.71 bits per heavy atom. The van der Waals surface area contributed by atoms with E-state index in [1.165, 1.54) is 0 Å². The summed E-state index contributed by atoms with van der Waals surface area (Å²) in [6, 6.07) is 11.4. The van der Waals surface area contributed by atoms with Gasteiger partial charge in [-0.2, -0.15) is 0 Å². The van der Waals surface area contributed by atoms with E-state index in [4.69, 9.17) is 0 Å². The van der Waals surface area contributed by atoms with Gasteiger partial charge in [0.1, 0.15) is 0 Å². The van der Waals surface area contributed by atoms with E-state index in [1.807, 2.05) is 43.5 Å². The second-order valence-electron chi connectivity index (χ2n) is 3.88. The fraction of sp³-hybridized carbons (Fsp3) is 0.143. The quantitative estimate of drug-likeness (QED) is 0.854. The van der Waals surface area contributed by atoms with Gasteiger partial charge in [0.05, 0.1) is 5.69 Å². The molecular formula is C14H14N2O. The molecule has 1 heterocycles. The first-order valence-corrected chi connectivity index (χ1v) is 5.46. The van der Waals surface area contributed by atoms with Crippen LogP contribution in [-0.2, 0) is 0 Å². The summed E-state index contributed by atoms with van der Waals surface area (Å²) < 4.78 is 0. The van der Waals surface area contributed by atoms with E-state index in [2.05, 4.69) is 10.3 Å². The lowest BCUT2D eigenvalue weighted by Crippen LogP contribution is -2.17. The maximum atomic E-state index is 11.5. The lowest BCUT2D eigenvalue weighted by atomic mass is 10.1. The Morgan fingerprint density at radius 2 is 2.06 bits per heavy atom. The molecule has 1 amide bonds. The molecule has 0 aliphatic rings. The van der Waals surface area contributed by atoms with Gasteiger partial charge in [0.2, 0.25) is 0 Å². The summed E-state index contributed by atoms with van der Waals surface area (Å²) in [4.78, 5) is 15.9. The van der Waals surface area contributed by atoms with Crippen LogP contribution in [0.15, 0.2) is 42.6 Å². The predicted molar refractivity (Wildman–Crippen MR) is 67.8 cm³/mol. The maximum Gasteiger partial charge on any atom is 0.251 e. The molecule has 1 aromatic carbocycles. The molecule has 0 spiro atoms. The summed E-state index contributed by atoms with van der Waals surface area (Å²) in [7, 11) is 1.62. The molecule has 2 rings (SSSR count). The van der Waals surface area contributed by atoms with Gasteiger partial charge in [-0.1, -0.05) is 18.2 Å². The summed E-state index contributed by atoms with van der Waals surface area (Å²) >= 11 is 0. The van der Waals surface area contributed by atoms with Gasteiger partial charge in [0, 0.05) is 24.4 Å². The Labute approximate surface area is 101 Å². The van der Waals surface area contributed by atoms with E-state index in [1.54, 1.807) is 13.1 Å². The molecule has 0 unspecified atom stereocenters. The largest absolute Gasteiger partial charge is 0.355 e. The van der Waals surface area contributed by atoms with Crippen LogP contribution in [0, 0.1) is 6.92 Å². The van der Waals surface area contributed by atoms with Crippen molar-refractivity contribution in [1.29, 1.82) is 0 Å². The maximum absolute atomic E-state index is 11.5. The van der Waals surface area contributed by atoms with Crippen LogP contribution in [0.25, 0.3) is 11.3 Å². The lowest BCUT2D eigenvalue weighted by molar-refractivity contribution is 0.0963. The van der Waals surface area contributed by atoms with Crippen molar-refractivity contribution in [3.8, 4) is 11.3 Å². The number of hydrogen-bond acceptors (Lipinski definition) is 2. The molecule has 3 nitrogen and oxygen atoms in total. The Morgan fingerprint density at radius 1 is 1.24 bits per heavy atom. The van der Waals surface area contributed by atoms with Gasteiger partial charge in [-0.3, -0.25) is 9.78 Å². The van der Waals surface area contributed by atoms with Crippen molar-refractivity contribution in [2.24, 2.45) is 0 Å². The molecular weight excluding hydrogens is 212 g/mol. The van der Waals surface area contributed by atoms with Gasteiger partial charge in [-0.25, -0.2) is 0 Å². The second-order valence-corrected chi connectivity index (χ2v) is 3.88. The Bertz CT molecular complexity index is 532. The average molecular weight is 226 g/mol. The van der Waals surface area contributed by atoms with Crippen LogP contribution in [0.3, 0.4) is 0 Å². The highest BCUT2D eigenvalue weighted by atomic mass is 16.1. The van der Waals surface area contributed by atoms with Gasteiger partial charge in [0.15, 0.2) is 0 Å². The van der Waals surface area contributed by atoms with Crippen LogP contribution in [-0.4, -0.2) is 17.9 Å². The van der Waals surface area contributed by atoms with Gasteiger partial charge < -0.3 is 5.32 Å². The minimum Gasteiger partial charge on any atom is -0.355 e. The first-order chi connectivity index (χ1) is 8.20. The minimum atomic E-state index is -0.0843. The summed E-state index contributed by atoms with van der Waals surface area (Å²) in [5, 5.41) is 2.61. The molecule has 0 aliphatic heterocycles. The van der Waals surface area contributed by atoms with Gasteiger partial charge in [-0.05, 0) is 30.7 Å². The smallest absolute Gasteiger partial charge is 0.251 e. The fourth-order valence-electron chi connectivity index (χ4n) is 1.60. The zero-order chi connectivity index (χ0) is 12.3. The third-order valence-electron chi connectivity index (χ3n) is 2.56. The summed E-state index contributed by atoms with van der Waals surface area (Å²) in [6.45, 7) is 2.00. The molecule has 0 saturated heterocycles.